The maximum Gasteiger partial charge on any atom is 0.270 e. The molecule has 0 saturated carbocycles. The van der Waals surface area contributed by atoms with E-state index in [2.05, 4.69) is 5.16 Å². The molecule has 1 amide bonds. The summed E-state index contributed by atoms with van der Waals surface area (Å²) in [7, 11) is -3.97. The van der Waals surface area contributed by atoms with E-state index in [0.717, 1.165) is 0 Å². The number of hydrogen-bond donors (Lipinski definition) is 1. The largest absolute Gasteiger partial charge is 0.360 e. The van der Waals surface area contributed by atoms with E-state index in [9.17, 15) is 13.2 Å². The molecule has 0 unspecified atom stereocenters. The summed E-state index contributed by atoms with van der Waals surface area (Å²) in [5.41, 5.74) is 1.02. The Bertz CT molecular complexity index is 908. The summed E-state index contributed by atoms with van der Waals surface area (Å²) < 4.78 is 31.7. The molecule has 0 aliphatic rings. The Morgan fingerprint density at radius 3 is 2.67 bits per heavy atom. The first kappa shape index (κ1) is 17.7. The SMILES string of the molecule is Cc1noc(C(C)C)c1C(=O)NS(=O)(=O)Cc1ccccc1C#N. The van der Waals surface area contributed by atoms with Gasteiger partial charge in [-0.1, -0.05) is 37.2 Å². The van der Waals surface area contributed by atoms with Crippen LogP contribution in [-0.4, -0.2) is 19.5 Å². The number of nitrogens with one attached hydrogen (secondary N) is 1. The quantitative estimate of drug-likeness (QED) is 0.887. The van der Waals surface area contributed by atoms with Crippen LogP contribution in [0.4, 0.5) is 0 Å². The van der Waals surface area contributed by atoms with E-state index in [-0.39, 0.29) is 17.0 Å². The van der Waals surface area contributed by atoms with Gasteiger partial charge in [0.2, 0.25) is 10.0 Å². The summed E-state index contributed by atoms with van der Waals surface area (Å²) in [6.07, 6.45) is 0. The molecule has 0 aliphatic heterocycles. The molecule has 2 aromatic rings. The van der Waals surface area contributed by atoms with Crippen LogP contribution in [0.2, 0.25) is 0 Å². The minimum atomic E-state index is -3.97. The summed E-state index contributed by atoms with van der Waals surface area (Å²) in [6, 6.07) is 8.26. The monoisotopic (exact) mass is 347 g/mol. The normalized spacial score (nSPS) is 11.3. The average molecular weight is 347 g/mol. The molecule has 126 valence electrons. The fraction of sp³-hybridized carbons (Fsp3) is 0.312. The summed E-state index contributed by atoms with van der Waals surface area (Å²) >= 11 is 0. The number of aryl methyl sites for hydroxylation is 1. The van der Waals surface area contributed by atoms with Gasteiger partial charge in [-0.2, -0.15) is 5.26 Å². The second-order valence-electron chi connectivity index (χ2n) is 5.62. The lowest BCUT2D eigenvalue weighted by Gasteiger charge is -2.09. The minimum Gasteiger partial charge on any atom is -0.360 e. The highest BCUT2D eigenvalue weighted by atomic mass is 32.2. The number of rotatable bonds is 5. The third-order valence-electron chi connectivity index (χ3n) is 3.37. The Kier molecular flexibility index (Phi) is 5.04. The van der Waals surface area contributed by atoms with Crippen LogP contribution in [0.1, 0.15) is 52.7 Å². The van der Waals surface area contributed by atoms with Crippen molar-refractivity contribution in [3.63, 3.8) is 0 Å². The Labute approximate surface area is 140 Å². The molecule has 1 heterocycles. The van der Waals surface area contributed by atoms with Crippen LogP contribution in [0.3, 0.4) is 0 Å². The molecule has 0 fully saturated rings. The van der Waals surface area contributed by atoms with Crippen molar-refractivity contribution in [3.05, 3.63) is 52.4 Å². The van der Waals surface area contributed by atoms with Crippen LogP contribution in [0.15, 0.2) is 28.8 Å². The Morgan fingerprint density at radius 1 is 1.38 bits per heavy atom. The third kappa shape index (κ3) is 3.81. The number of sulfonamides is 1. The van der Waals surface area contributed by atoms with Gasteiger partial charge in [-0.15, -0.1) is 0 Å². The van der Waals surface area contributed by atoms with E-state index >= 15 is 0 Å². The van der Waals surface area contributed by atoms with E-state index in [1.54, 1.807) is 19.1 Å². The van der Waals surface area contributed by atoms with Crippen molar-refractivity contribution in [3.8, 4) is 6.07 Å². The molecule has 1 aromatic heterocycles. The number of benzene rings is 1. The molecule has 1 aromatic carbocycles. The molecule has 7 nitrogen and oxygen atoms in total. The van der Waals surface area contributed by atoms with Crippen molar-refractivity contribution in [2.45, 2.75) is 32.4 Å². The zero-order chi connectivity index (χ0) is 17.9. The van der Waals surface area contributed by atoms with E-state index in [0.29, 0.717) is 17.0 Å². The van der Waals surface area contributed by atoms with Gasteiger partial charge in [0.1, 0.15) is 5.56 Å². The van der Waals surface area contributed by atoms with Gasteiger partial charge in [0.15, 0.2) is 5.76 Å². The fourth-order valence-electron chi connectivity index (χ4n) is 2.25. The van der Waals surface area contributed by atoms with Crippen LogP contribution in [0.5, 0.6) is 0 Å². The molecule has 0 bridgehead atoms. The molecular formula is C16H17N3O4S. The van der Waals surface area contributed by atoms with E-state index < -0.39 is 21.7 Å². The van der Waals surface area contributed by atoms with Gasteiger partial charge >= 0.3 is 0 Å². The van der Waals surface area contributed by atoms with Crippen molar-refractivity contribution in [2.75, 3.05) is 0 Å². The first-order valence-electron chi connectivity index (χ1n) is 7.24. The lowest BCUT2D eigenvalue weighted by Crippen LogP contribution is -2.32. The lowest BCUT2D eigenvalue weighted by atomic mass is 10.1. The predicted molar refractivity (Wildman–Crippen MR) is 86.6 cm³/mol. The molecule has 0 saturated heterocycles. The lowest BCUT2D eigenvalue weighted by molar-refractivity contribution is 0.0978. The molecule has 2 rings (SSSR count). The Balaban J connectivity index is 2.26. The van der Waals surface area contributed by atoms with Crippen LogP contribution >= 0.6 is 0 Å². The number of nitrogens with zero attached hydrogens (tertiary/aromatic N) is 2. The molecule has 8 heteroatoms. The highest BCUT2D eigenvalue weighted by Crippen LogP contribution is 2.22. The minimum absolute atomic E-state index is 0.117. The molecule has 0 aliphatic carbocycles. The standard InChI is InChI=1S/C16H17N3O4S/c1-10(2)15-14(11(3)18-23-15)16(20)19-24(21,22)9-13-7-5-4-6-12(13)8-17/h4-7,10H,9H2,1-3H3,(H,19,20). The number of hydrogen-bond acceptors (Lipinski definition) is 6. The van der Waals surface area contributed by atoms with Crippen molar-refractivity contribution < 1.29 is 17.7 Å². The Morgan fingerprint density at radius 2 is 2.04 bits per heavy atom. The van der Waals surface area contributed by atoms with Crippen LogP contribution < -0.4 is 4.72 Å². The van der Waals surface area contributed by atoms with Crippen molar-refractivity contribution in [2.24, 2.45) is 0 Å². The van der Waals surface area contributed by atoms with Crippen molar-refractivity contribution in [1.29, 1.82) is 5.26 Å². The molecule has 0 spiro atoms. The van der Waals surface area contributed by atoms with Gasteiger partial charge in [0.05, 0.1) is 23.1 Å². The van der Waals surface area contributed by atoms with Gasteiger partial charge in [-0.25, -0.2) is 13.1 Å². The van der Waals surface area contributed by atoms with Crippen LogP contribution in [0, 0.1) is 18.3 Å². The molecule has 1 N–H and O–H groups in total. The fourth-order valence-corrected chi connectivity index (χ4v) is 3.36. The summed E-state index contributed by atoms with van der Waals surface area (Å²) in [5.74, 6) is -1.04. The smallest absolute Gasteiger partial charge is 0.270 e. The van der Waals surface area contributed by atoms with E-state index in [1.807, 2.05) is 24.6 Å². The van der Waals surface area contributed by atoms with Crippen LogP contribution in [0.25, 0.3) is 0 Å². The van der Waals surface area contributed by atoms with Gasteiger partial charge in [0.25, 0.3) is 5.91 Å². The maximum absolute atomic E-state index is 12.4. The highest BCUT2D eigenvalue weighted by Gasteiger charge is 2.26. The summed E-state index contributed by atoms with van der Waals surface area (Å²) in [4.78, 5) is 12.4. The summed E-state index contributed by atoms with van der Waals surface area (Å²) in [5, 5.41) is 12.8. The van der Waals surface area contributed by atoms with E-state index in [1.165, 1.54) is 12.1 Å². The topological polar surface area (TPSA) is 113 Å². The first-order chi connectivity index (χ1) is 11.2. The average Bonchev–Trinajstić information content (AvgIpc) is 2.89. The Hall–Kier alpha value is -2.66. The third-order valence-corrected chi connectivity index (χ3v) is 4.56. The number of nitriles is 1. The highest BCUT2D eigenvalue weighted by molar-refractivity contribution is 7.89. The number of amides is 1. The van der Waals surface area contributed by atoms with Gasteiger partial charge < -0.3 is 4.52 Å². The van der Waals surface area contributed by atoms with Crippen molar-refractivity contribution >= 4 is 15.9 Å². The van der Waals surface area contributed by atoms with Gasteiger partial charge in [0, 0.05) is 5.92 Å². The molecular weight excluding hydrogens is 330 g/mol. The van der Waals surface area contributed by atoms with E-state index in [4.69, 9.17) is 9.78 Å². The summed E-state index contributed by atoms with van der Waals surface area (Å²) in [6.45, 7) is 5.20. The second kappa shape index (κ2) is 6.84. The molecule has 0 atom stereocenters. The number of carbonyl (C=O) groups excluding carboxylic acids is 1. The van der Waals surface area contributed by atoms with Gasteiger partial charge in [-0.3, -0.25) is 4.79 Å². The number of aromatic nitrogens is 1. The molecule has 24 heavy (non-hydrogen) atoms. The number of carbonyl (C=O) groups is 1. The van der Waals surface area contributed by atoms with Crippen molar-refractivity contribution in [1.82, 2.24) is 9.88 Å². The second-order valence-corrected chi connectivity index (χ2v) is 7.34. The zero-order valence-corrected chi connectivity index (χ0v) is 14.3. The zero-order valence-electron chi connectivity index (χ0n) is 13.5. The maximum atomic E-state index is 12.4. The van der Waals surface area contributed by atoms with Gasteiger partial charge in [-0.05, 0) is 18.6 Å². The molecule has 0 radical (unpaired) electrons. The van der Waals surface area contributed by atoms with Crippen LogP contribution in [-0.2, 0) is 15.8 Å². The predicted octanol–water partition coefficient (Wildman–Crippen LogP) is 2.24. The first-order valence-corrected chi connectivity index (χ1v) is 8.89.